The Kier molecular flexibility index (Phi) is 8.94. The van der Waals surface area contributed by atoms with E-state index in [-0.39, 0.29) is 11.8 Å². The van der Waals surface area contributed by atoms with E-state index in [0.29, 0.717) is 0 Å². The van der Waals surface area contributed by atoms with Crippen LogP contribution in [0.3, 0.4) is 0 Å². The van der Waals surface area contributed by atoms with Crippen LogP contribution in [0.2, 0.25) is 0 Å². The normalized spacial score (nSPS) is 12.6. The van der Waals surface area contributed by atoms with Crippen molar-refractivity contribution < 1.29 is 13.5 Å². The molecule has 1 aromatic rings. The average molecular weight is 300 g/mol. The van der Waals surface area contributed by atoms with E-state index >= 15 is 0 Å². The van der Waals surface area contributed by atoms with Crippen molar-refractivity contribution >= 4 is 0 Å². The molecule has 1 atom stereocenters. The van der Waals surface area contributed by atoms with Crippen LogP contribution in [0.4, 0.5) is 8.78 Å². The Balaban J connectivity index is 2.44. The van der Waals surface area contributed by atoms with E-state index in [9.17, 15) is 8.78 Å². The number of nitrogens with one attached hydrogen (secondary N) is 1. The van der Waals surface area contributed by atoms with Crippen molar-refractivity contribution in [1.82, 2.24) is 5.43 Å². The van der Waals surface area contributed by atoms with Crippen LogP contribution in [0.1, 0.15) is 63.5 Å². The number of halogens is 2. The van der Waals surface area contributed by atoms with Gasteiger partial charge in [-0.2, -0.15) is 8.78 Å². The molecular formula is C16H26F2N2O. The van der Waals surface area contributed by atoms with Crippen LogP contribution in [-0.2, 0) is 0 Å². The van der Waals surface area contributed by atoms with Gasteiger partial charge in [-0.1, -0.05) is 57.6 Å². The van der Waals surface area contributed by atoms with E-state index in [0.717, 1.165) is 18.4 Å². The van der Waals surface area contributed by atoms with Gasteiger partial charge in [0.25, 0.3) is 0 Å². The molecule has 0 aliphatic carbocycles. The maximum Gasteiger partial charge on any atom is 0.387 e. The topological polar surface area (TPSA) is 47.3 Å². The fraction of sp³-hybridized carbons (Fsp3) is 0.625. The first kappa shape index (κ1) is 17.9. The monoisotopic (exact) mass is 300 g/mol. The largest absolute Gasteiger partial charge is 0.435 e. The molecule has 0 heterocycles. The highest BCUT2D eigenvalue weighted by atomic mass is 19.3. The molecule has 3 nitrogen and oxygen atoms in total. The zero-order chi connectivity index (χ0) is 15.5. The Labute approximate surface area is 125 Å². The van der Waals surface area contributed by atoms with Gasteiger partial charge in [0.1, 0.15) is 5.75 Å². The Bertz CT molecular complexity index is 388. The van der Waals surface area contributed by atoms with Crippen LogP contribution >= 0.6 is 0 Å². The van der Waals surface area contributed by atoms with Crippen molar-refractivity contribution in [2.24, 2.45) is 5.84 Å². The van der Waals surface area contributed by atoms with E-state index in [4.69, 9.17) is 5.84 Å². The van der Waals surface area contributed by atoms with Crippen molar-refractivity contribution in [3.63, 3.8) is 0 Å². The minimum Gasteiger partial charge on any atom is -0.435 e. The predicted molar refractivity (Wildman–Crippen MR) is 81.1 cm³/mol. The van der Waals surface area contributed by atoms with Gasteiger partial charge in [0.05, 0.1) is 0 Å². The van der Waals surface area contributed by atoms with Crippen molar-refractivity contribution in [2.45, 2.75) is 64.5 Å². The highest BCUT2D eigenvalue weighted by molar-refractivity contribution is 5.30. The SMILES string of the molecule is CCCCCCCCC(NN)c1cccc(OC(F)F)c1. The molecule has 0 saturated heterocycles. The fourth-order valence-electron chi connectivity index (χ4n) is 2.38. The average Bonchev–Trinajstić information content (AvgIpc) is 2.46. The molecular weight excluding hydrogens is 274 g/mol. The van der Waals surface area contributed by atoms with Crippen molar-refractivity contribution in [3.8, 4) is 5.75 Å². The molecule has 0 spiro atoms. The summed E-state index contributed by atoms with van der Waals surface area (Å²) in [4.78, 5) is 0. The van der Waals surface area contributed by atoms with Crippen molar-refractivity contribution in [3.05, 3.63) is 29.8 Å². The van der Waals surface area contributed by atoms with E-state index in [1.165, 1.54) is 38.2 Å². The summed E-state index contributed by atoms with van der Waals surface area (Å²) < 4.78 is 28.9. The maximum atomic E-state index is 12.2. The van der Waals surface area contributed by atoms with Gasteiger partial charge in [-0.05, 0) is 24.1 Å². The molecule has 0 radical (unpaired) electrons. The van der Waals surface area contributed by atoms with E-state index in [2.05, 4.69) is 17.1 Å². The van der Waals surface area contributed by atoms with E-state index in [1.54, 1.807) is 12.1 Å². The molecule has 0 aliphatic heterocycles. The molecule has 1 unspecified atom stereocenters. The standard InChI is InChI=1S/C16H26F2N2O/c1-2-3-4-5-6-7-11-15(20-19)13-9-8-10-14(12-13)21-16(17)18/h8-10,12,15-16,20H,2-7,11,19H2,1H3. The molecule has 0 aromatic heterocycles. The first-order valence-electron chi connectivity index (χ1n) is 7.68. The van der Waals surface area contributed by atoms with Gasteiger partial charge in [-0.15, -0.1) is 0 Å². The summed E-state index contributed by atoms with van der Waals surface area (Å²) in [5.41, 5.74) is 3.64. The summed E-state index contributed by atoms with van der Waals surface area (Å²) in [6.45, 7) is -0.605. The minimum atomic E-state index is -2.80. The number of rotatable bonds is 11. The highest BCUT2D eigenvalue weighted by Crippen LogP contribution is 2.24. The summed E-state index contributed by atoms with van der Waals surface area (Å²) in [5.74, 6) is 5.75. The smallest absolute Gasteiger partial charge is 0.387 e. The summed E-state index contributed by atoms with van der Waals surface area (Å²) in [5, 5.41) is 0. The van der Waals surface area contributed by atoms with Crippen LogP contribution in [0.15, 0.2) is 24.3 Å². The van der Waals surface area contributed by atoms with Crippen molar-refractivity contribution in [1.29, 1.82) is 0 Å². The van der Waals surface area contributed by atoms with E-state index < -0.39 is 6.61 Å². The summed E-state index contributed by atoms with van der Waals surface area (Å²) in [7, 11) is 0. The predicted octanol–water partition coefficient (Wildman–Crippen LogP) is 4.54. The summed E-state index contributed by atoms with van der Waals surface area (Å²) in [6, 6.07) is 6.69. The Morgan fingerprint density at radius 2 is 1.86 bits per heavy atom. The Morgan fingerprint density at radius 3 is 2.52 bits per heavy atom. The zero-order valence-corrected chi connectivity index (χ0v) is 12.7. The minimum absolute atomic E-state index is 0.0302. The second kappa shape index (κ2) is 10.5. The lowest BCUT2D eigenvalue weighted by atomic mass is 10.00. The second-order valence-corrected chi connectivity index (χ2v) is 5.23. The van der Waals surface area contributed by atoms with Gasteiger partial charge in [0.2, 0.25) is 0 Å². The first-order chi connectivity index (χ1) is 10.2. The number of hydrogen-bond acceptors (Lipinski definition) is 3. The molecule has 120 valence electrons. The lowest BCUT2D eigenvalue weighted by molar-refractivity contribution is -0.0499. The number of alkyl halides is 2. The van der Waals surface area contributed by atoms with Crippen LogP contribution in [-0.4, -0.2) is 6.61 Å². The third kappa shape index (κ3) is 7.39. The van der Waals surface area contributed by atoms with Crippen LogP contribution < -0.4 is 16.0 Å². The molecule has 3 N–H and O–H groups in total. The van der Waals surface area contributed by atoms with Crippen LogP contribution in [0, 0.1) is 0 Å². The lowest BCUT2D eigenvalue weighted by Gasteiger charge is -2.17. The Hall–Kier alpha value is -1.20. The van der Waals surface area contributed by atoms with Crippen LogP contribution in [0.5, 0.6) is 5.75 Å². The third-order valence-corrected chi connectivity index (χ3v) is 3.53. The zero-order valence-electron chi connectivity index (χ0n) is 12.7. The molecule has 0 amide bonds. The highest BCUT2D eigenvalue weighted by Gasteiger charge is 2.11. The fourth-order valence-corrected chi connectivity index (χ4v) is 2.38. The summed E-state index contributed by atoms with van der Waals surface area (Å²) >= 11 is 0. The van der Waals surface area contributed by atoms with Gasteiger partial charge in [0, 0.05) is 6.04 Å². The molecule has 0 saturated carbocycles. The van der Waals surface area contributed by atoms with E-state index in [1.807, 2.05) is 6.07 Å². The van der Waals surface area contributed by atoms with Crippen LogP contribution in [0.25, 0.3) is 0 Å². The van der Waals surface area contributed by atoms with Gasteiger partial charge < -0.3 is 4.74 Å². The summed E-state index contributed by atoms with van der Waals surface area (Å²) in [6.07, 6.45) is 8.16. The number of benzene rings is 1. The number of ether oxygens (including phenoxy) is 1. The number of nitrogens with two attached hydrogens (primary N) is 1. The maximum absolute atomic E-state index is 12.2. The second-order valence-electron chi connectivity index (χ2n) is 5.23. The van der Waals surface area contributed by atoms with Crippen molar-refractivity contribution in [2.75, 3.05) is 0 Å². The quantitative estimate of drug-likeness (QED) is 0.358. The third-order valence-electron chi connectivity index (χ3n) is 3.53. The van der Waals surface area contributed by atoms with Gasteiger partial charge >= 0.3 is 6.61 Å². The number of hydrazine groups is 1. The molecule has 1 rings (SSSR count). The van der Waals surface area contributed by atoms with Gasteiger partial charge in [-0.3, -0.25) is 11.3 Å². The molecule has 5 heteroatoms. The molecule has 0 aliphatic rings. The lowest BCUT2D eigenvalue weighted by Crippen LogP contribution is -2.28. The number of hydrogen-bond donors (Lipinski definition) is 2. The van der Waals surface area contributed by atoms with Gasteiger partial charge in [0.15, 0.2) is 0 Å². The molecule has 21 heavy (non-hydrogen) atoms. The molecule has 0 bridgehead atoms. The molecule has 1 aromatic carbocycles. The number of unbranched alkanes of at least 4 members (excludes halogenated alkanes) is 5. The first-order valence-corrected chi connectivity index (χ1v) is 7.68. The molecule has 0 fully saturated rings. The van der Waals surface area contributed by atoms with Gasteiger partial charge in [-0.25, -0.2) is 0 Å². The Morgan fingerprint density at radius 1 is 1.14 bits per heavy atom.